The maximum atomic E-state index is 11.8. The molecular weight excluding hydrogens is 488 g/mol. The Morgan fingerprint density at radius 3 is 1.51 bits per heavy atom. The summed E-state index contributed by atoms with van der Waals surface area (Å²) >= 11 is 0. The molecule has 39 heavy (non-hydrogen) atoms. The van der Waals surface area contributed by atoms with Crippen LogP contribution in [0.5, 0.6) is 0 Å². The van der Waals surface area contributed by atoms with Crippen molar-refractivity contribution >= 4 is 5.97 Å². The molecule has 3 rings (SSSR count). The zero-order valence-electron chi connectivity index (χ0n) is 23.4. The highest BCUT2D eigenvalue weighted by Gasteiger charge is 2.37. The quantitative estimate of drug-likeness (QED) is 0.0867. The molecule has 0 atom stereocenters. The van der Waals surface area contributed by atoms with Crippen molar-refractivity contribution in [1.82, 2.24) is 0 Å². The number of esters is 1. The van der Waals surface area contributed by atoms with Gasteiger partial charge in [0.05, 0.1) is 33.0 Å². The van der Waals surface area contributed by atoms with E-state index in [0.717, 1.165) is 29.5 Å². The third-order valence-electron chi connectivity index (χ3n) is 6.68. The van der Waals surface area contributed by atoms with Crippen LogP contribution in [0.4, 0.5) is 0 Å². The fourth-order valence-corrected chi connectivity index (χ4v) is 4.68. The average molecular weight is 533 g/mol. The Balaban J connectivity index is 1.39. The summed E-state index contributed by atoms with van der Waals surface area (Å²) in [5.41, 5.74) is 2.45. The van der Waals surface area contributed by atoms with Gasteiger partial charge in [0, 0.05) is 6.42 Å². The molecule has 3 aromatic rings. The summed E-state index contributed by atoms with van der Waals surface area (Å²) in [5, 5.41) is 0. The van der Waals surface area contributed by atoms with Crippen LogP contribution in [0, 0.1) is 0 Å². The number of ether oxygens (including phenoxy) is 4. The lowest BCUT2D eigenvalue weighted by molar-refractivity contribution is -0.145. The number of benzene rings is 3. The molecule has 5 heteroatoms. The van der Waals surface area contributed by atoms with Gasteiger partial charge in [-0.25, -0.2) is 0 Å². The fourth-order valence-electron chi connectivity index (χ4n) is 4.68. The van der Waals surface area contributed by atoms with Crippen LogP contribution in [0.1, 0.15) is 68.6 Å². The van der Waals surface area contributed by atoms with Gasteiger partial charge in [-0.3, -0.25) is 4.79 Å². The predicted octanol–water partition coefficient (Wildman–Crippen LogP) is 7.32. The number of hydrogen-bond acceptors (Lipinski definition) is 5. The van der Waals surface area contributed by atoms with E-state index in [1.165, 1.54) is 25.7 Å². The third kappa shape index (κ3) is 10.2. The average Bonchev–Trinajstić information content (AvgIpc) is 2.99. The lowest BCUT2D eigenvalue weighted by Crippen LogP contribution is -2.34. The number of carbonyl (C=O) groups is 1. The molecule has 5 nitrogen and oxygen atoms in total. The second-order valence-corrected chi connectivity index (χ2v) is 9.59. The van der Waals surface area contributed by atoms with E-state index in [1.54, 1.807) is 0 Å². The predicted molar refractivity (Wildman–Crippen MR) is 156 cm³/mol. The first kappa shape index (κ1) is 30.6. The first-order valence-electron chi connectivity index (χ1n) is 14.4. The maximum absolute atomic E-state index is 11.8. The molecule has 3 aromatic carbocycles. The fraction of sp³-hybridized carbons (Fsp3) is 0.441. The second-order valence-electron chi connectivity index (χ2n) is 9.59. The van der Waals surface area contributed by atoms with Crippen molar-refractivity contribution in [3.8, 4) is 0 Å². The molecule has 0 spiro atoms. The van der Waals surface area contributed by atoms with Gasteiger partial charge in [0.25, 0.3) is 0 Å². The highest BCUT2D eigenvalue weighted by molar-refractivity contribution is 5.69. The highest BCUT2D eigenvalue weighted by Crippen LogP contribution is 2.40. The molecule has 0 heterocycles. The van der Waals surface area contributed by atoms with Crippen LogP contribution in [0.2, 0.25) is 0 Å². The normalized spacial score (nSPS) is 11.4. The summed E-state index contributed by atoms with van der Waals surface area (Å²) in [6.07, 6.45) is 7.44. The molecule has 0 saturated heterocycles. The molecule has 0 unspecified atom stereocenters. The minimum absolute atomic E-state index is 0.138. The molecule has 0 aliphatic heterocycles. The van der Waals surface area contributed by atoms with Gasteiger partial charge in [-0.2, -0.15) is 0 Å². The minimum Gasteiger partial charge on any atom is -0.463 e. The van der Waals surface area contributed by atoms with Crippen LogP contribution in [-0.2, 0) is 29.3 Å². The number of rotatable bonds is 20. The third-order valence-corrected chi connectivity index (χ3v) is 6.68. The van der Waals surface area contributed by atoms with Crippen molar-refractivity contribution < 1.29 is 23.7 Å². The zero-order chi connectivity index (χ0) is 27.4. The molecular formula is C34H44O5. The van der Waals surface area contributed by atoms with E-state index in [2.05, 4.69) is 43.3 Å². The number of carbonyl (C=O) groups excluding carboxylic acids is 1. The van der Waals surface area contributed by atoms with Crippen molar-refractivity contribution in [2.24, 2.45) is 0 Å². The van der Waals surface area contributed by atoms with Gasteiger partial charge >= 0.3 is 5.97 Å². The van der Waals surface area contributed by atoms with Crippen LogP contribution in [0.25, 0.3) is 0 Å². The van der Waals surface area contributed by atoms with E-state index < -0.39 is 5.60 Å². The first-order valence-corrected chi connectivity index (χ1v) is 14.4. The van der Waals surface area contributed by atoms with E-state index in [-0.39, 0.29) is 12.6 Å². The van der Waals surface area contributed by atoms with Crippen LogP contribution in [0.15, 0.2) is 91.0 Å². The standard InChI is InChI=1S/C34H44O5/c1-2-3-4-5-6-16-23-33(35)38-28-26-36-24-25-37-27-29-39-34(30-17-10-7-11-18-30,31-19-12-8-13-20-31)32-21-14-9-15-22-32/h7-15,17-22H,2-6,16,23-29H2,1H3. The second kappa shape index (κ2) is 18.3. The van der Waals surface area contributed by atoms with Crippen LogP contribution < -0.4 is 0 Å². The number of unbranched alkanes of at least 4 members (excludes halogenated alkanes) is 5. The summed E-state index contributed by atoms with van der Waals surface area (Å²) < 4.78 is 23.3. The summed E-state index contributed by atoms with van der Waals surface area (Å²) in [6.45, 7) is 4.60. The summed E-state index contributed by atoms with van der Waals surface area (Å²) in [5.74, 6) is -0.138. The Bertz CT molecular complexity index is 927. The topological polar surface area (TPSA) is 54.0 Å². The van der Waals surface area contributed by atoms with Gasteiger partial charge in [0.1, 0.15) is 12.2 Å². The molecule has 0 saturated carbocycles. The largest absolute Gasteiger partial charge is 0.463 e. The van der Waals surface area contributed by atoms with E-state index in [0.29, 0.717) is 39.5 Å². The summed E-state index contributed by atoms with van der Waals surface area (Å²) in [4.78, 5) is 11.8. The first-order chi connectivity index (χ1) is 19.3. The Labute approximate surface area is 234 Å². The Hall–Kier alpha value is -2.99. The van der Waals surface area contributed by atoms with Crippen molar-refractivity contribution in [2.75, 3.05) is 39.6 Å². The SMILES string of the molecule is CCCCCCCCC(=O)OCCOCCOCCOC(c1ccccc1)(c1ccccc1)c1ccccc1. The van der Waals surface area contributed by atoms with Gasteiger partial charge in [-0.15, -0.1) is 0 Å². The summed E-state index contributed by atoms with van der Waals surface area (Å²) in [7, 11) is 0. The van der Waals surface area contributed by atoms with Crippen LogP contribution in [0.3, 0.4) is 0 Å². The molecule has 0 radical (unpaired) electrons. The Morgan fingerprint density at radius 2 is 1.00 bits per heavy atom. The molecule has 0 aliphatic carbocycles. The highest BCUT2D eigenvalue weighted by atomic mass is 16.6. The summed E-state index contributed by atoms with van der Waals surface area (Å²) in [6, 6.07) is 30.9. The van der Waals surface area contributed by atoms with Crippen molar-refractivity contribution in [1.29, 1.82) is 0 Å². The van der Waals surface area contributed by atoms with Gasteiger partial charge in [0.2, 0.25) is 0 Å². The van der Waals surface area contributed by atoms with Crippen molar-refractivity contribution in [3.63, 3.8) is 0 Å². The van der Waals surface area contributed by atoms with Crippen LogP contribution >= 0.6 is 0 Å². The van der Waals surface area contributed by atoms with E-state index in [1.807, 2.05) is 54.6 Å². The van der Waals surface area contributed by atoms with E-state index in [9.17, 15) is 4.79 Å². The lowest BCUT2D eigenvalue weighted by Gasteiger charge is -2.36. The van der Waals surface area contributed by atoms with Crippen molar-refractivity contribution in [3.05, 3.63) is 108 Å². The van der Waals surface area contributed by atoms with Gasteiger partial charge in [0.15, 0.2) is 0 Å². The molecule has 0 aromatic heterocycles. The zero-order valence-corrected chi connectivity index (χ0v) is 23.4. The molecule has 0 bridgehead atoms. The van der Waals surface area contributed by atoms with Crippen molar-refractivity contribution in [2.45, 2.75) is 57.5 Å². The lowest BCUT2D eigenvalue weighted by atomic mass is 9.80. The minimum atomic E-state index is -0.747. The van der Waals surface area contributed by atoms with Crippen LogP contribution in [-0.4, -0.2) is 45.6 Å². The molecule has 210 valence electrons. The van der Waals surface area contributed by atoms with E-state index in [4.69, 9.17) is 18.9 Å². The molecule has 0 aliphatic rings. The maximum Gasteiger partial charge on any atom is 0.305 e. The smallest absolute Gasteiger partial charge is 0.305 e. The molecule has 0 fully saturated rings. The van der Waals surface area contributed by atoms with Gasteiger partial charge < -0.3 is 18.9 Å². The van der Waals surface area contributed by atoms with Gasteiger partial charge in [-0.05, 0) is 23.1 Å². The molecule has 0 amide bonds. The number of hydrogen-bond donors (Lipinski definition) is 0. The molecule has 0 N–H and O–H groups in total. The monoisotopic (exact) mass is 532 g/mol. The Morgan fingerprint density at radius 1 is 0.564 bits per heavy atom. The Kier molecular flexibility index (Phi) is 14.4. The van der Waals surface area contributed by atoms with Gasteiger partial charge in [-0.1, -0.05) is 130 Å². The van der Waals surface area contributed by atoms with E-state index >= 15 is 0 Å².